The molecule has 0 spiro atoms. The number of nitrogens with two attached hydrogens (primary N) is 2. The topological polar surface area (TPSA) is 159 Å². The standard InChI is InChI=1S/C21H19F2N7O2S.C4H10O/c22-9-2-10-33(31,32)30-15-4-1-3-13(18(15)23)14-6-7-16-19(27-14)20(25)29-21(28-16)12-5-8-17(24)26-11-12;1-3-5-4-2/h1,3-8,11,30H,2,9-10H2,(H2,24,26)(H2,25,28,29);3-4H2,1-2H3. The van der Waals surface area contributed by atoms with Crippen LogP contribution in [0.2, 0.25) is 0 Å². The molecule has 3 heterocycles. The molecule has 0 aliphatic heterocycles. The van der Waals surface area contributed by atoms with E-state index in [9.17, 15) is 12.8 Å². The Balaban J connectivity index is 0.000000732. The van der Waals surface area contributed by atoms with Crippen LogP contribution in [0.1, 0.15) is 20.3 Å². The number of nitrogens with one attached hydrogen (secondary N) is 1. The molecule has 0 radical (unpaired) electrons. The summed E-state index contributed by atoms with van der Waals surface area (Å²) in [6, 6.07) is 10.7. The second kappa shape index (κ2) is 13.0. The number of benzene rings is 1. The minimum absolute atomic E-state index is 0.0498. The SMILES string of the molecule is CCOCC.Nc1ccc(-c2nc(N)c3nc(-c4cccc(NS(=O)(=O)CCCF)c4F)ccc3n2)cn1. The van der Waals surface area contributed by atoms with Crippen molar-refractivity contribution in [1.82, 2.24) is 19.9 Å². The summed E-state index contributed by atoms with van der Waals surface area (Å²) >= 11 is 0. The number of alkyl halides is 1. The molecule has 0 aliphatic carbocycles. The molecule has 3 aromatic heterocycles. The third-order valence-corrected chi connectivity index (χ3v) is 6.47. The van der Waals surface area contributed by atoms with Gasteiger partial charge < -0.3 is 16.2 Å². The first kappa shape index (κ1) is 28.6. The molecule has 10 nitrogen and oxygen atoms in total. The highest BCUT2D eigenvalue weighted by Crippen LogP contribution is 2.30. The van der Waals surface area contributed by atoms with Crippen LogP contribution in [0.15, 0.2) is 48.7 Å². The maximum Gasteiger partial charge on any atom is 0.232 e. The van der Waals surface area contributed by atoms with E-state index in [1.165, 1.54) is 24.4 Å². The van der Waals surface area contributed by atoms with Crippen molar-refractivity contribution in [2.45, 2.75) is 20.3 Å². The fraction of sp³-hybridized carbons (Fsp3) is 0.280. The van der Waals surface area contributed by atoms with Crippen LogP contribution in [-0.2, 0) is 14.8 Å². The molecule has 5 N–H and O–H groups in total. The predicted octanol–water partition coefficient (Wildman–Crippen LogP) is 4.20. The van der Waals surface area contributed by atoms with Gasteiger partial charge in [0, 0.05) is 30.5 Å². The van der Waals surface area contributed by atoms with Crippen molar-refractivity contribution >= 4 is 38.4 Å². The first-order valence-electron chi connectivity index (χ1n) is 11.8. The van der Waals surface area contributed by atoms with Gasteiger partial charge in [-0.05, 0) is 56.7 Å². The van der Waals surface area contributed by atoms with E-state index in [0.717, 1.165) is 13.2 Å². The quantitative estimate of drug-likeness (QED) is 0.280. The number of fused-ring (bicyclic) bond motifs is 1. The van der Waals surface area contributed by atoms with Gasteiger partial charge in [0.2, 0.25) is 10.0 Å². The second-order valence-corrected chi connectivity index (χ2v) is 9.72. The highest BCUT2D eigenvalue weighted by atomic mass is 32.2. The summed E-state index contributed by atoms with van der Waals surface area (Å²) in [5.41, 5.74) is 13.0. The van der Waals surface area contributed by atoms with Crippen LogP contribution in [0.5, 0.6) is 0 Å². The van der Waals surface area contributed by atoms with E-state index in [-0.39, 0.29) is 34.7 Å². The molecular formula is C25H29F2N7O3S. The summed E-state index contributed by atoms with van der Waals surface area (Å²) in [5, 5.41) is 0. The highest BCUT2D eigenvalue weighted by molar-refractivity contribution is 7.92. The van der Waals surface area contributed by atoms with Gasteiger partial charge >= 0.3 is 0 Å². The maximum atomic E-state index is 15.1. The molecule has 202 valence electrons. The fourth-order valence-electron chi connectivity index (χ4n) is 3.33. The van der Waals surface area contributed by atoms with Crippen molar-refractivity contribution < 1.29 is 21.9 Å². The van der Waals surface area contributed by atoms with Gasteiger partial charge in [-0.15, -0.1) is 0 Å². The van der Waals surface area contributed by atoms with Crippen molar-refractivity contribution in [2.24, 2.45) is 0 Å². The largest absolute Gasteiger partial charge is 0.384 e. The molecule has 1 aromatic carbocycles. The number of ether oxygens (including phenoxy) is 1. The molecule has 0 atom stereocenters. The van der Waals surface area contributed by atoms with Crippen LogP contribution < -0.4 is 16.2 Å². The molecule has 0 unspecified atom stereocenters. The Morgan fingerprint density at radius 1 is 1.00 bits per heavy atom. The average Bonchev–Trinajstić information content (AvgIpc) is 2.90. The normalized spacial score (nSPS) is 11.2. The van der Waals surface area contributed by atoms with Crippen molar-refractivity contribution in [3.63, 3.8) is 0 Å². The summed E-state index contributed by atoms with van der Waals surface area (Å²) in [7, 11) is -3.90. The molecular weight excluding hydrogens is 516 g/mol. The molecule has 0 saturated carbocycles. The molecule has 38 heavy (non-hydrogen) atoms. The lowest BCUT2D eigenvalue weighted by Crippen LogP contribution is -2.18. The number of aromatic nitrogens is 4. The lowest BCUT2D eigenvalue weighted by molar-refractivity contribution is 0.162. The minimum atomic E-state index is -3.90. The molecule has 0 saturated heterocycles. The minimum Gasteiger partial charge on any atom is -0.384 e. The lowest BCUT2D eigenvalue weighted by Gasteiger charge is -2.12. The zero-order chi connectivity index (χ0) is 27.7. The van der Waals surface area contributed by atoms with E-state index in [1.54, 1.807) is 24.3 Å². The molecule has 4 aromatic rings. The molecule has 0 fully saturated rings. The van der Waals surface area contributed by atoms with Gasteiger partial charge in [-0.25, -0.2) is 32.7 Å². The van der Waals surface area contributed by atoms with Crippen LogP contribution >= 0.6 is 0 Å². The second-order valence-electron chi connectivity index (χ2n) is 7.88. The number of hydrogen-bond acceptors (Lipinski definition) is 9. The van der Waals surface area contributed by atoms with E-state index >= 15 is 4.39 Å². The van der Waals surface area contributed by atoms with Crippen molar-refractivity contribution in [1.29, 1.82) is 0 Å². The van der Waals surface area contributed by atoms with Crippen molar-refractivity contribution in [2.75, 3.05) is 41.8 Å². The first-order chi connectivity index (χ1) is 18.2. The summed E-state index contributed by atoms with van der Waals surface area (Å²) in [6.45, 7) is 4.88. The van der Waals surface area contributed by atoms with Gasteiger partial charge in [-0.2, -0.15) is 0 Å². The van der Waals surface area contributed by atoms with Crippen LogP contribution in [0, 0.1) is 5.82 Å². The molecule has 0 bridgehead atoms. The first-order valence-corrected chi connectivity index (χ1v) is 13.4. The van der Waals surface area contributed by atoms with Crippen LogP contribution in [0.4, 0.5) is 26.1 Å². The third kappa shape index (κ3) is 7.29. The number of sulfonamides is 1. The van der Waals surface area contributed by atoms with E-state index in [4.69, 9.17) is 16.2 Å². The van der Waals surface area contributed by atoms with E-state index in [1.807, 2.05) is 13.8 Å². The van der Waals surface area contributed by atoms with Crippen molar-refractivity contribution in [3.8, 4) is 22.6 Å². The average molecular weight is 546 g/mol. The number of hydrogen-bond donors (Lipinski definition) is 3. The van der Waals surface area contributed by atoms with Gasteiger partial charge in [-0.1, -0.05) is 6.07 Å². The van der Waals surface area contributed by atoms with Crippen LogP contribution in [-0.4, -0.2) is 54.0 Å². The van der Waals surface area contributed by atoms with E-state index in [0.29, 0.717) is 22.7 Å². The van der Waals surface area contributed by atoms with Crippen LogP contribution in [0.3, 0.4) is 0 Å². The molecule has 4 rings (SSSR count). The van der Waals surface area contributed by atoms with Gasteiger partial charge in [-0.3, -0.25) is 9.11 Å². The van der Waals surface area contributed by atoms with Crippen LogP contribution in [0.25, 0.3) is 33.7 Å². The molecule has 0 aliphatic rings. The maximum absolute atomic E-state index is 15.1. The molecule has 0 amide bonds. The Labute approximate surface area is 219 Å². The number of nitrogens with zero attached hydrogens (tertiary/aromatic N) is 4. The number of rotatable bonds is 9. The number of anilines is 3. The summed E-state index contributed by atoms with van der Waals surface area (Å²) < 4.78 is 58.5. The Morgan fingerprint density at radius 3 is 2.39 bits per heavy atom. The van der Waals surface area contributed by atoms with Gasteiger partial charge in [0.05, 0.1) is 29.3 Å². The van der Waals surface area contributed by atoms with Gasteiger partial charge in [0.25, 0.3) is 0 Å². The summed E-state index contributed by atoms with van der Waals surface area (Å²) in [5.74, 6) is -0.513. The van der Waals surface area contributed by atoms with E-state index in [2.05, 4.69) is 24.7 Å². The Kier molecular flexibility index (Phi) is 9.79. The summed E-state index contributed by atoms with van der Waals surface area (Å²) in [4.78, 5) is 17.1. The molecule has 13 heteroatoms. The third-order valence-electron chi connectivity index (χ3n) is 5.11. The monoisotopic (exact) mass is 545 g/mol. The zero-order valence-electron chi connectivity index (χ0n) is 21.0. The fourth-order valence-corrected chi connectivity index (χ4v) is 4.41. The van der Waals surface area contributed by atoms with E-state index < -0.39 is 28.3 Å². The lowest BCUT2D eigenvalue weighted by atomic mass is 10.1. The number of nitrogen functional groups attached to an aromatic ring is 2. The smallest absolute Gasteiger partial charge is 0.232 e. The van der Waals surface area contributed by atoms with Crippen molar-refractivity contribution in [3.05, 3.63) is 54.5 Å². The van der Waals surface area contributed by atoms with Gasteiger partial charge in [0.15, 0.2) is 17.5 Å². The Bertz CT molecular complexity index is 1480. The Morgan fingerprint density at radius 2 is 1.76 bits per heavy atom. The highest BCUT2D eigenvalue weighted by Gasteiger charge is 2.18. The predicted molar refractivity (Wildman–Crippen MR) is 145 cm³/mol. The Hall–Kier alpha value is -3.97. The number of pyridine rings is 2. The number of halogens is 2. The summed E-state index contributed by atoms with van der Waals surface area (Å²) in [6.07, 6.45) is 1.34. The zero-order valence-corrected chi connectivity index (χ0v) is 21.8. The van der Waals surface area contributed by atoms with Gasteiger partial charge in [0.1, 0.15) is 11.3 Å².